The molecule has 0 aromatic heterocycles. The van der Waals surface area contributed by atoms with Crippen LogP contribution in [0.15, 0.2) is 18.2 Å². The fourth-order valence-corrected chi connectivity index (χ4v) is 3.40. The molecule has 1 aliphatic carbocycles. The minimum absolute atomic E-state index is 0.154. The highest BCUT2D eigenvalue weighted by Gasteiger charge is 2.39. The van der Waals surface area contributed by atoms with Crippen molar-refractivity contribution in [2.75, 3.05) is 19.8 Å². The Morgan fingerprint density at radius 3 is 2.62 bits per heavy atom. The van der Waals surface area contributed by atoms with E-state index in [2.05, 4.69) is 5.32 Å². The maximum Gasteiger partial charge on any atom is 0.168 e. The van der Waals surface area contributed by atoms with Gasteiger partial charge < -0.3 is 14.8 Å². The van der Waals surface area contributed by atoms with Gasteiger partial charge in [-0.2, -0.15) is 0 Å². The first kappa shape index (κ1) is 14.9. The molecule has 1 aromatic carbocycles. The number of nitrogens with one attached hydrogen (secondary N) is 1. The first-order valence-electron chi connectivity index (χ1n) is 7.93. The second-order valence-electron chi connectivity index (χ2n) is 6.16. The van der Waals surface area contributed by atoms with Gasteiger partial charge in [-0.3, -0.25) is 0 Å². The third kappa shape index (κ3) is 3.62. The van der Waals surface area contributed by atoms with Gasteiger partial charge in [0, 0.05) is 18.9 Å². The van der Waals surface area contributed by atoms with Crippen LogP contribution >= 0.6 is 0 Å². The van der Waals surface area contributed by atoms with Gasteiger partial charge in [0.1, 0.15) is 5.82 Å². The van der Waals surface area contributed by atoms with Crippen LogP contribution in [0.1, 0.15) is 36.8 Å². The molecule has 0 amide bonds. The summed E-state index contributed by atoms with van der Waals surface area (Å²) in [6, 6.07) is 5.59. The van der Waals surface area contributed by atoms with Crippen molar-refractivity contribution in [1.82, 2.24) is 5.32 Å². The Balaban J connectivity index is 1.42. The van der Waals surface area contributed by atoms with Gasteiger partial charge in [0.05, 0.1) is 13.2 Å². The number of ether oxygens (including phenoxy) is 2. The standard InChI is InChI=1S/C17H24FNO2/c1-13-12-15(18)3-2-14(13)6-9-19-16-4-7-17(8-5-16)20-10-11-21-17/h2-3,12,16,19H,4-11H2,1H3. The lowest BCUT2D eigenvalue weighted by Crippen LogP contribution is -2.42. The van der Waals surface area contributed by atoms with Gasteiger partial charge in [0.25, 0.3) is 0 Å². The number of hydrogen-bond donors (Lipinski definition) is 1. The summed E-state index contributed by atoms with van der Waals surface area (Å²) in [5, 5.41) is 3.61. The molecule has 1 aliphatic heterocycles. The van der Waals surface area contributed by atoms with Gasteiger partial charge in [-0.1, -0.05) is 6.07 Å². The molecule has 1 saturated heterocycles. The van der Waals surface area contributed by atoms with Gasteiger partial charge >= 0.3 is 0 Å². The van der Waals surface area contributed by atoms with Gasteiger partial charge in [0.2, 0.25) is 0 Å². The molecule has 1 saturated carbocycles. The van der Waals surface area contributed by atoms with Gasteiger partial charge in [0.15, 0.2) is 5.79 Å². The normalized spacial score (nSPS) is 22.0. The maximum absolute atomic E-state index is 13.1. The van der Waals surface area contributed by atoms with E-state index in [0.29, 0.717) is 6.04 Å². The summed E-state index contributed by atoms with van der Waals surface area (Å²) in [6.45, 7) is 4.38. The van der Waals surface area contributed by atoms with E-state index in [0.717, 1.165) is 57.4 Å². The highest BCUT2D eigenvalue weighted by molar-refractivity contribution is 5.26. The van der Waals surface area contributed by atoms with Gasteiger partial charge in [-0.05, 0) is 56.0 Å². The van der Waals surface area contributed by atoms with Crippen LogP contribution in [0.25, 0.3) is 0 Å². The lowest BCUT2D eigenvalue weighted by Gasteiger charge is -2.35. The monoisotopic (exact) mass is 293 g/mol. The zero-order chi connectivity index (χ0) is 14.7. The van der Waals surface area contributed by atoms with E-state index < -0.39 is 0 Å². The van der Waals surface area contributed by atoms with Crippen LogP contribution in [0.5, 0.6) is 0 Å². The van der Waals surface area contributed by atoms with Crippen molar-refractivity contribution in [2.24, 2.45) is 0 Å². The average Bonchev–Trinajstić information content (AvgIpc) is 2.92. The third-order valence-electron chi connectivity index (χ3n) is 4.69. The van der Waals surface area contributed by atoms with Crippen molar-refractivity contribution in [2.45, 2.75) is 50.9 Å². The summed E-state index contributed by atoms with van der Waals surface area (Å²) in [6.07, 6.45) is 5.12. The SMILES string of the molecule is Cc1cc(F)ccc1CCNC1CCC2(CC1)OCCO2. The summed E-state index contributed by atoms with van der Waals surface area (Å²) in [7, 11) is 0. The van der Waals surface area contributed by atoms with Crippen LogP contribution in [0.3, 0.4) is 0 Å². The molecular formula is C17H24FNO2. The molecule has 1 aromatic rings. The molecule has 0 radical (unpaired) electrons. The molecule has 4 heteroatoms. The van der Waals surface area contributed by atoms with Crippen LogP contribution in [0.4, 0.5) is 4.39 Å². The van der Waals surface area contributed by atoms with Crippen molar-refractivity contribution in [3.05, 3.63) is 35.1 Å². The molecule has 1 heterocycles. The molecule has 1 N–H and O–H groups in total. The predicted molar refractivity (Wildman–Crippen MR) is 79.7 cm³/mol. The fourth-order valence-electron chi connectivity index (χ4n) is 3.40. The van der Waals surface area contributed by atoms with Crippen molar-refractivity contribution in [3.8, 4) is 0 Å². The van der Waals surface area contributed by atoms with Gasteiger partial charge in [-0.25, -0.2) is 4.39 Å². The minimum Gasteiger partial charge on any atom is -0.348 e. The van der Waals surface area contributed by atoms with Crippen molar-refractivity contribution in [3.63, 3.8) is 0 Å². The number of halogens is 1. The third-order valence-corrected chi connectivity index (χ3v) is 4.69. The Kier molecular flexibility index (Phi) is 4.57. The maximum atomic E-state index is 13.1. The topological polar surface area (TPSA) is 30.5 Å². The van der Waals surface area contributed by atoms with Crippen molar-refractivity contribution >= 4 is 0 Å². The summed E-state index contributed by atoms with van der Waals surface area (Å²) >= 11 is 0. The Labute approximate surface area is 125 Å². The number of rotatable bonds is 4. The number of hydrogen-bond acceptors (Lipinski definition) is 3. The smallest absolute Gasteiger partial charge is 0.168 e. The Hall–Kier alpha value is -0.970. The number of aryl methyl sites for hydroxylation is 1. The Morgan fingerprint density at radius 1 is 1.24 bits per heavy atom. The molecule has 0 atom stereocenters. The second-order valence-corrected chi connectivity index (χ2v) is 6.16. The van der Waals surface area contributed by atoms with Crippen LogP contribution in [-0.2, 0) is 15.9 Å². The molecular weight excluding hydrogens is 269 g/mol. The van der Waals surface area contributed by atoms with Crippen LogP contribution < -0.4 is 5.32 Å². The predicted octanol–water partition coefficient (Wildman–Crippen LogP) is 2.95. The molecule has 1 spiro atoms. The summed E-state index contributed by atoms with van der Waals surface area (Å²) in [5.74, 6) is -0.426. The van der Waals surface area contributed by atoms with Crippen LogP contribution in [-0.4, -0.2) is 31.6 Å². The molecule has 21 heavy (non-hydrogen) atoms. The van der Waals surface area contributed by atoms with Gasteiger partial charge in [-0.15, -0.1) is 0 Å². The molecule has 116 valence electrons. The van der Waals surface area contributed by atoms with Crippen LogP contribution in [0, 0.1) is 12.7 Å². The van der Waals surface area contributed by atoms with Crippen molar-refractivity contribution in [1.29, 1.82) is 0 Å². The van der Waals surface area contributed by atoms with Crippen molar-refractivity contribution < 1.29 is 13.9 Å². The van der Waals surface area contributed by atoms with E-state index in [4.69, 9.17) is 9.47 Å². The zero-order valence-corrected chi connectivity index (χ0v) is 12.7. The van der Waals surface area contributed by atoms with E-state index in [1.165, 1.54) is 5.56 Å². The van der Waals surface area contributed by atoms with E-state index in [9.17, 15) is 4.39 Å². The molecule has 3 rings (SSSR count). The summed E-state index contributed by atoms with van der Waals surface area (Å²) in [5.41, 5.74) is 2.26. The zero-order valence-electron chi connectivity index (χ0n) is 12.7. The van der Waals surface area contributed by atoms with Crippen LogP contribution in [0.2, 0.25) is 0 Å². The average molecular weight is 293 g/mol. The van der Waals surface area contributed by atoms with E-state index in [1.54, 1.807) is 12.1 Å². The number of benzene rings is 1. The molecule has 0 bridgehead atoms. The van der Waals surface area contributed by atoms with E-state index in [1.807, 2.05) is 13.0 Å². The minimum atomic E-state index is -0.272. The lowest BCUT2D eigenvalue weighted by molar-refractivity contribution is -0.179. The second kappa shape index (κ2) is 6.42. The molecule has 3 nitrogen and oxygen atoms in total. The largest absolute Gasteiger partial charge is 0.348 e. The highest BCUT2D eigenvalue weighted by Crippen LogP contribution is 2.35. The summed E-state index contributed by atoms with van der Waals surface area (Å²) < 4.78 is 24.6. The molecule has 2 fully saturated rings. The lowest BCUT2D eigenvalue weighted by atomic mass is 9.90. The first-order chi connectivity index (χ1) is 10.2. The van der Waals surface area contributed by atoms with E-state index in [-0.39, 0.29) is 11.6 Å². The Bertz CT molecular complexity index is 476. The summed E-state index contributed by atoms with van der Waals surface area (Å²) in [4.78, 5) is 0. The Morgan fingerprint density at radius 2 is 1.95 bits per heavy atom. The van der Waals surface area contributed by atoms with E-state index >= 15 is 0 Å². The first-order valence-corrected chi connectivity index (χ1v) is 7.93. The quantitative estimate of drug-likeness (QED) is 0.926. The molecule has 2 aliphatic rings. The highest BCUT2D eigenvalue weighted by atomic mass is 19.1. The fraction of sp³-hybridized carbons (Fsp3) is 0.647. The molecule has 0 unspecified atom stereocenters.